The summed E-state index contributed by atoms with van der Waals surface area (Å²) in [5.41, 5.74) is 0.571. The molecule has 1 fully saturated rings. The second-order valence-corrected chi connectivity index (χ2v) is 8.04. The van der Waals surface area contributed by atoms with E-state index in [9.17, 15) is 13.2 Å². The molecule has 0 spiro atoms. The van der Waals surface area contributed by atoms with Gasteiger partial charge in [0, 0.05) is 0 Å². The Balaban J connectivity index is 1.73. The molecule has 0 radical (unpaired) electrons. The molecule has 0 amide bonds. The van der Waals surface area contributed by atoms with Crippen LogP contribution in [-0.4, -0.2) is 0 Å². The lowest BCUT2D eigenvalue weighted by atomic mass is 9.73. The Labute approximate surface area is 151 Å². The molecule has 0 aliphatic heterocycles. The molecule has 1 aliphatic rings. The summed E-state index contributed by atoms with van der Waals surface area (Å²) in [4.78, 5) is 0. The molecule has 0 saturated heterocycles. The van der Waals surface area contributed by atoms with Gasteiger partial charge in [-0.15, -0.1) is 0 Å². The minimum Gasteiger partial charge on any atom is -0.204 e. The van der Waals surface area contributed by atoms with Crippen molar-refractivity contribution in [2.24, 2.45) is 17.8 Å². The van der Waals surface area contributed by atoms with Crippen LogP contribution in [-0.2, 0) is 6.42 Å². The SMILES string of the molecule is CCCCCCCC1CCC(C(C)Cc2cc(F)c(F)c(F)c2)CC1. The van der Waals surface area contributed by atoms with Gasteiger partial charge in [0.1, 0.15) is 0 Å². The Hall–Kier alpha value is -0.990. The van der Waals surface area contributed by atoms with Gasteiger partial charge < -0.3 is 0 Å². The van der Waals surface area contributed by atoms with Gasteiger partial charge in [-0.25, -0.2) is 13.2 Å². The van der Waals surface area contributed by atoms with E-state index in [-0.39, 0.29) is 0 Å². The summed E-state index contributed by atoms with van der Waals surface area (Å²) in [5, 5.41) is 0. The van der Waals surface area contributed by atoms with Crippen molar-refractivity contribution in [1.29, 1.82) is 0 Å². The highest BCUT2D eigenvalue weighted by molar-refractivity contribution is 5.20. The van der Waals surface area contributed by atoms with Crippen molar-refractivity contribution in [1.82, 2.24) is 0 Å². The second kappa shape index (κ2) is 10.2. The van der Waals surface area contributed by atoms with Crippen molar-refractivity contribution in [3.05, 3.63) is 35.1 Å². The van der Waals surface area contributed by atoms with Crippen LogP contribution in [0.5, 0.6) is 0 Å². The van der Waals surface area contributed by atoms with Crippen LogP contribution in [0.4, 0.5) is 13.2 Å². The van der Waals surface area contributed by atoms with Gasteiger partial charge in [-0.05, 0) is 54.7 Å². The third kappa shape index (κ3) is 6.34. The molecule has 0 heterocycles. The minimum absolute atomic E-state index is 0.384. The lowest BCUT2D eigenvalue weighted by Crippen LogP contribution is -2.21. The number of halogens is 3. The standard InChI is InChI=1S/C22H33F3/c1-3-4-5-6-7-8-17-9-11-19(12-10-17)16(2)13-18-14-20(23)22(25)21(24)15-18/h14-17,19H,3-13H2,1-2H3. The molecule has 1 aromatic rings. The fourth-order valence-corrected chi connectivity index (χ4v) is 4.35. The third-order valence-corrected chi connectivity index (χ3v) is 6.01. The molecule has 1 unspecified atom stereocenters. The summed E-state index contributed by atoms with van der Waals surface area (Å²) in [5.74, 6) is -1.65. The molecular formula is C22H33F3. The van der Waals surface area contributed by atoms with Crippen LogP contribution < -0.4 is 0 Å². The van der Waals surface area contributed by atoms with Crippen molar-refractivity contribution < 1.29 is 13.2 Å². The molecule has 1 aromatic carbocycles. The van der Waals surface area contributed by atoms with Crippen LogP contribution in [0.15, 0.2) is 12.1 Å². The number of benzene rings is 1. The average molecular weight is 355 g/mol. The Morgan fingerprint density at radius 2 is 1.52 bits per heavy atom. The molecule has 1 atom stereocenters. The van der Waals surface area contributed by atoms with E-state index < -0.39 is 17.5 Å². The molecule has 0 bridgehead atoms. The first kappa shape index (κ1) is 20.3. The van der Waals surface area contributed by atoms with Crippen LogP contribution >= 0.6 is 0 Å². The molecular weight excluding hydrogens is 321 g/mol. The van der Waals surface area contributed by atoms with E-state index in [2.05, 4.69) is 13.8 Å². The van der Waals surface area contributed by atoms with Crippen molar-refractivity contribution in [3.8, 4) is 0 Å². The quantitative estimate of drug-likeness (QED) is 0.319. The van der Waals surface area contributed by atoms with Crippen LogP contribution in [0.25, 0.3) is 0 Å². The van der Waals surface area contributed by atoms with E-state index in [0.29, 0.717) is 23.8 Å². The maximum atomic E-state index is 13.4. The van der Waals surface area contributed by atoms with Gasteiger partial charge in [-0.1, -0.05) is 65.2 Å². The number of hydrogen-bond donors (Lipinski definition) is 0. The van der Waals surface area contributed by atoms with Crippen LogP contribution in [0.2, 0.25) is 0 Å². The number of rotatable bonds is 9. The maximum absolute atomic E-state index is 13.4. The summed E-state index contributed by atoms with van der Waals surface area (Å²) in [6.07, 6.45) is 13.7. The summed E-state index contributed by atoms with van der Waals surface area (Å²) in [7, 11) is 0. The lowest BCUT2D eigenvalue weighted by Gasteiger charge is -2.32. The molecule has 0 N–H and O–H groups in total. The van der Waals surface area contributed by atoms with Crippen LogP contribution in [0, 0.1) is 35.2 Å². The van der Waals surface area contributed by atoms with E-state index >= 15 is 0 Å². The Morgan fingerprint density at radius 3 is 2.12 bits per heavy atom. The fourth-order valence-electron chi connectivity index (χ4n) is 4.35. The maximum Gasteiger partial charge on any atom is 0.194 e. The van der Waals surface area contributed by atoms with E-state index in [1.54, 1.807) is 0 Å². The van der Waals surface area contributed by atoms with E-state index in [1.165, 1.54) is 64.2 Å². The van der Waals surface area contributed by atoms with E-state index in [4.69, 9.17) is 0 Å². The van der Waals surface area contributed by atoms with Gasteiger partial charge in [-0.2, -0.15) is 0 Å². The zero-order valence-electron chi connectivity index (χ0n) is 15.8. The second-order valence-electron chi connectivity index (χ2n) is 8.04. The fraction of sp³-hybridized carbons (Fsp3) is 0.727. The van der Waals surface area contributed by atoms with E-state index in [0.717, 1.165) is 18.1 Å². The van der Waals surface area contributed by atoms with E-state index in [1.807, 2.05) is 0 Å². The molecule has 0 nitrogen and oxygen atoms in total. The zero-order chi connectivity index (χ0) is 18.2. The first-order valence-electron chi connectivity index (χ1n) is 10.1. The summed E-state index contributed by atoms with van der Waals surface area (Å²) in [6.45, 7) is 4.41. The molecule has 1 saturated carbocycles. The monoisotopic (exact) mass is 354 g/mol. The van der Waals surface area contributed by atoms with Gasteiger partial charge in [0.25, 0.3) is 0 Å². The predicted octanol–water partition coefficient (Wildman–Crippen LogP) is 7.45. The number of hydrogen-bond acceptors (Lipinski definition) is 0. The molecule has 1 aliphatic carbocycles. The molecule has 0 aromatic heterocycles. The van der Waals surface area contributed by atoms with Crippen molar-refractivity contribution in [2.45, 2.75) is 84.5 Å². The summed E-state index contributed by atoms with van der Waals surface area (Å²) < 4.78 is 39.8. The highest BCUT2D eigenvalue weighted by atomic mass is 19.2. The van der Waals surface area contributed by atoms with Crippen LogP contribution in [0.1, 0.15) is 83.6 Å². The first-order chi connectivity index (χ1) is 12.0. The Kier molecular flexibility index (Phi) is 8.32. The van der Waals surface area contributed by atoms with Gasteiger partial charge in [0.15, 0.2) is 17.5 Å². The lowest BCUT2D eigenvalue weighted by molar-refractivity contribution is 0.204. The van der Waals surface area contributed by atoms with Gasteiger partial charge in [-0.3, -0.25) is 0 Å². The molecule has 142 valence electrons. The first-order valence-corrected chi connectivity index (χ1v) is 10.1. The minimum atomic E-state index is -1.36. The Morgan fingerprint density at radius 1 is 0.920 bits per heavy atom. The summed E-state index contributed by atoms with van der Waals surface area (Å²) in [6, 6.07) is 2.30. The molecule has 3 heteroatoms. The van der Waals surface area contributed by atoms with Crippen LogP contribution in [0.3, 0.4) is 0 Å². The highest BCUT2D eigenvalue weighted by Crippen LogP contribution is 2.37. The third-order valence-electron chi connectivity index (χ3n) is 6.01. The van der Waals surface area contributed by atoms with Crippen molar-refractivity contribution >= 4 is 0 Å². The highest BCUT2D eigenvalue weighted by Gasteiger charge is 2.25. The zero-order valence-corrected chi connectivity index (χ0v) is 15.8. The molecule has 25 heavy (non-hydrogen) atoms. The smallest absolute Gasteiger partial charge is 0.194 e. The van der Waals surface area contributed by atoms with Crippen molar-refractivity contribution in [3.63, 3.8) is 0 Å². The summed E-state index contributed by atoms with van der Waals surface area (Å²) >= 11 is 0. The van der Waals surface area contributed by atoms with Gasteiger partial charge in [0.2, 0.25) is 0 Å². The number of unbranched alkanes of at least 4 members (excludes halogenated alkanes) is 4. The average Bonchev–Trinajstić information content (AvgIpc) is 2.60. The predicted molar refractivity (Wildman–Crippen MR) is 98.0 cm³/mol. The van der Waals surface area contributed by atoms with Gasteiger partial charge >= 0.3 is 0 Å². The van der Waals surface area contributed by atoms with Crippen molar-refractivity contribution in [2.75, 3.05) is 0 Å². The normalized spacial score (nSPS) is 22.1. The topological polar surface area (TPSA) is 0 Å². The largest absolute Gasteiger partial charge is 0.204 e. The molecule has 2 rings (SSSR count). The van der Waals surface area contributed by atoms with Gasteiger partial charge in [0.05, 0.1) is 0 Å². The Bertz CT molecular complexity index is 495.